The first-order chi connectivity index (χ1) is 40.6. The standard InChI is InChI=1S/C54H57N13O11S6/c1-26(2)40-54-67-43(35(84-54)20-76-6)47(73)56-19-38(69)64-44(45(71)28-10-8-7-9-11-28)53-61-34(24-81-53)51-59-32(22-80-51)42-29(12-13-30(57-42)50-63-36(25-82-50)62-39(70)21-78-17-16-77-15-14-75-5)49-60-33(23-79-49)46(72)58-31(18-37(68)55-4)52-66-41(27(3)83-52)48(74)65-40/h7-13,22-26,31,40,44-45,71H,14-21H2,1-6H3,(H,55,68)(H,56,73)(H,58,72)(H,62,70)(H,64,69)(H,65,74)/t31-,40+,44-,45-/m0/s1. The number of aromatic nitrogens is 7. The molecule has 84 heavy (non-hydrogen) atoms. The Morgan fingerprint density at radius 1 is 0.655 bits per heavy atom. The fraction of sp³-hybridized carbons (Fsp3) is 0.352. The molecule has 8 heterocycles. The number of amides is 6. The highest BCUT2D eigenvalue weighted by Gasteiger charge is 2.33. The van der Waals surface area contributed by atoms with Crippen LogP contribution < -0.4 is 31.9 Å². The van der Waals surface area contributed by atoms with Crippen LogP contribution in [-0.2, 0) is 39.9 Å². The average molecular weight is 1260 g/mol. The summed E-state index contributed by atoms with van der Waals surface area (Å²) in [6.07, 6.45) is -1.49. The lowest BCUT2D eigenvalue weighted by atomic mass is 10.0. The Hall–Kier alpha value is -7.23. The monoisotopic (exact) mass is 1260 g/mol. The van der Waals surface area contributed by atoms with Crippen molar-refractivity contribution in [1.29, 1.82) is 0 Å². The summed E-state index contributed by atoms with van der Waals surface area (Å²) < 4.78 is 21.3. The zero-order chi connectivity index (χ0) is 59.4. The van der Waals surface area contributed by atoms with Crippen molar-refractivity contribution in [3.05, 3.63) is 111 Å². The molecule has 0 aliphatic carbocycles. The Morgan fingerprint density at radius 3 is 2.14 bits per heavy atom. The van der Waals surface area contributed by atoms with Gasteiger partial charge in [-0.15, -0.1) is 68.0 Å². The van der Waals surface area contributed by atoms with Gasteiger partial charge < -0.3 is 56.0 Å². The van der Waals surface area contributed by atoms with Crippen LogP contribution in [0.1, 0.15) is 106 Å². The summed E-state index contributed by atoms with van der Waals surface area (Å²) in [4.78, 5) is 117. The molecule has 0 fully saturated rings. The first-order valence-electron chi connectivity index (χ1n) is 26.0. The Morgan fingerprint density at radius 2 is 1.37 bits per heavy atom. The Balaban J connectivity index is 1.09. The second-order valence-electron chi connectivity index (χ2n) is 18.9. The summed E-state index contributed by atoms with van der Waals surface area (Å²) in [5.41, 5.74) is 2.76. The number of fused-ring (bicyclic) bond motifs is 14. The molecular weight excluding hydrogens is 1200 g/mol. The molecule has 7 N–H and O–H groups in total. The highest BCUT2D eigenvalue weighted by Crippen LogP contribution is 2.40. The maximum Gasteiger partial charge on any atom is 0.271 e. The fourth-order valence-electron chi connectivity index (χ4n) is 8.35. The molecule has 0 unspecified atom stereocenters. The fourth-order valence-corrected chi connectivity index (χ4v) is 13.8. The summed E-state index contributed by atoms with van der Waals surface area (Å²) in [6, 6.07) is 9.53. The molecule has 7 aromatic heterocycles. The van der Waals surface area contributed by atoms with E-state index in [-0.39, 0.29) is 55.1 Å². The van der Waals surface area contributed by atoms with Crippen LogP contribution in [0.3, 0.4) is 0 Å². The SMILES string of the molecule is CNC(=O)C[C@@H]1NC(=O)c2csc(n2)-c2ccc(-c3nc(NC(=O)COCCOCCOC)cs3)nc2-c2csc(n2)-c2csc(n2)[C@H]([C@@H](O)c2ccccc2)NC(=O)CNC(=O)c2nc(sc2COC)[C@@H](C(C)C)NC(=O)c2nc1sc2C. The third-order valence-electron chi connectivity index (χ3n) is 12.6. The second-order valence-corrected chi connectivity index (χ2v) is 24.7. The van der Waals surface area contributed by atoms with Crippen molar-refractivity contribution in [2.24, 2.45) is 5.92 Å². The van der Waals surface area contributed by atoms with E-state index in [1.807, 2.05) is 13.8 Å². The van der Waals surface area contributed by atoms with Gasteiger partial charge in [-0.2, -0.15) is 0 Å². The molecule has 9 rings (SSSR count). The molecule has 4 atom stereocenters. The van der Waals surface area contributed by atoms with Crippen LogP contribution in [0.5, 0.6) is 0 Å². The minimum absolute atomic E-state index is 0.00000613. The average Bonchev–Trinajstić information content (AvgIpc) is 3.63. The van der Waals surface area contributed by atoms with Gasteiger partial charge >= 0.3 is 0 Å². The van der Waals surface area contributed by atoms with Crippen molar-refractivity contribution in [1.82, 2.24) is 61.5 Å². The first kappa shape index (κ1) is 61.3. The molecular formula is C54H57N13O11S6. The third-order valence-corrected chi connectivity index (χ3v) is 18.3. The number of aliphatic hydroxyl groups is 1. The van der Waals surface area contributed by atoms with Gasteiger partial charge in [0.15, 0.2) is 0 Å². The topological polar surface area (TPSA) is 322 Å². The predicted octanol–water partition coefficient (Wildman–Crippen LogP) is 6.93. The van der Waals surface area contributed by atoms with Gasteiger partial charge in [-0.05, 0) is 30.5 Å². The molecule has 10 bridgehead atoms. The molecule has 0 radical (unpaired) electrons. The van der Waals surface area contributed by atoms with Crippen LogP contribution in [0.15, 0.2) is 64.0 Å². The lowest BCUT2D eigenvalue weighted by Crippen LogP contribution is -2.40. The number of nitrogens with zero attached hydrogens (tertiary/aromatic N) is 7. The number of aliphatic hydroxyl groups excluding tert-OH is 1. The summed E-state index contributed by atoms with van der Waals surface area (Å²) >= 11 is 7.21. The summed E-state index contributed by atoms with van der Waals surface area (Å²) in [6.45, 7) is 6.12. The van der Waals surface area contributed by atoms with E-state index in [0.717, 1.165) is 11.3 Å². The van der Waals surface area contributed by atoms with E-state index in [4.69, 9.17) is 48.9 Å². The molecule has 0 saturated carbocycles. The number of benzene rings is 1. The largest absolute Gasteiger partial charge is 0.386 e. The number of carbonyl (C=O) groups is 6. The molecule has 1 aromatic carbocycles. The molecule has 0 saturated heterocycles. The van der Waals surface area contributed by atoms with E-state index in [9.17, 15) is 33.9 Å². The van der Waals surface area contributed by atoms with E-state index in [2.05, 4.69) is 36.9 Å². The summed E-state index contributed by atoms with van der Waals surface area (Å²) in [5.74, 6) is -3.24. The van der Waals surface area contributed by atoms with Crippen LogP contribution in [0.2, 0.25) is 0 Å². The molecule has 0 spiro atoms. The minimum Gasteiger partial charge on any atom is -0.386 e. The number of anilines is 1. The van der Waals surface area contributed by atoms with Gasteiger partial charge in [0, 0.05) is 53.2 Å². The van der Waals surface area contributed by atoms with Crippen LogP contribution in [0.4, 0.5) is 5.82 Å². The number of nitrogens with one attached hydrogen (secondary N) is 6. The summed E-state index contributed by atoms with van der Waals surface area (Å²) in [5, 5.41) is 38.0. The van der Waals surface area contributed by atoms with Gasteiger partial charge in [0.05, 0.1) is 68.7 Å². The second kappa shape index (κ2) is 28.6. The normalized spacial score (nSPS) is 16.3. The number of thiazole rings is 6. The molecule has 1 aliphatic rings. The lowest BCUT2D eigenvalue weighted by molar-refractivity contribution is -0.122. The van der Waals surface area contributed by atoms with E-state index < -0.39 is 66.2 Å². The summed E-state index contributed by atoms with van der Waals surface area (Å²) in [7, 11) is 4.52. The van der Waals surface area contributed by atoms with Gasteiger partial charge in [0.25, 0.3) is 23.6 Å². The van der Waals surface area contributed by atoms with Crippen molar-refractivity contribution < 1.29 is 52.8 Å². The molecule has 30 heteroatoms. The highest BCUT2D eigenvalue weighted by molar-refractivity contribution is 7.15. The maximum atomic E-state index is 14.3. The van der Waals surface area contributed by atoms with Crippen molar-refractivity contribution in [2.75, 3.05) is 66.2 Å². The molecule has 440 valence electrons. The zero-order valence-electron chi connectivity index (χ0n) is 46.0. The van der Waals surface area contributed by atoms with Crippen molar-refractivity contribution in [2.45, 2.75) is 58.0 Å². The maximum absolute atomic E-state index is 14.3. The van der Waals surface area contributed by atoms with Gasteiger partial charge in [0.1, 0.15) is 88.8 Å². The minimum atomic E-state index is -1.27. The third kappa shape index (κ3) is 15.0. The molecule has 1 aliphatic heterocycles. The number of hydrogen-bond donors (Lipinski definition) is 7. The van der Waals surface area contributed by atoms with E-state index in [0.29, 0.717) is 93.5 Å². The van der Waals surface area contributed by atoms with Gasteiger partial charge in [-0.1, -0.05) is 44.2 Å². The lowest BCUT2D eigenvalue weighted by Gasteiger charge is -2.23. The Kier molecular flexibility index (Phi) is 20.9. The number of ether oxygens (including phenoxy) is 4. The van der Waals surface area contributed by atoms with Crippen LogP contribution in [0.25, 0.3) is 43.4 Å². The molecule has 8 aromatic rings. The molecule has 24 nitrogen and oxygen atoms in total. The predicted molar refractivity (Wildman–Crippen MR) is 319 cm³/mol. The van der Waals surface area contributed by atoms with Gasteiger partial charge in [0.2, 0.25) is 11.8 Å². The number of hydrogen-bond acceptors (Lipinski definition) is 24. The Labute approximate surface area is 505 Å². The van der Waals surface area contributed by atoms with Gasteiger partial charge in [-0.25, -0.2) is 34.9 Å². The van der Waals surface area contributed by atoms with Crippen LogP contribution in [0, 0.1) is 12.8 Å². The number of methoxy groups -OCH3 is 2. The highest BCUT2D eigenvalue weighted by atomic mass is 32.1. The molecule has 6 amide bonds. The van der Waals surface area contributed by atoms with Gasteiger partial charge in [-0.3, -0.25) is 28.8 Å². The van der Waals surface area contributed by atoms with Crippen LogP contribution >= 0.6 is 68.0 Å². The smallest absolute Gasteiger partial charge is 0.271 e. The van der Waals surface area contributed by atoms with E-state index >= 15 is 0 Å². The number of rotatable bonds is 17. The first-order valence-corrected chi connectivity index (χ1v) is 31.1. The van der Waals surface area contributed by atoms with Crippen molar-refractivity contribution in [3.8, 4) is 43.4 Å². The number of pyridine rings is 1. The van der Waals surface area contributed by atoms with Crippen LogP contribution in [-0.4, -0.2) is 136 Å². The Bertz CT molecular complexity index is 3630. The van der Waals surface area contributed by atoms with E-state index in [1.54, 1.807) is 78.0 Å². The quantitative estimate of drug-likeness (QED) is 0.0454. The zero-order valence-corrected chi connectivity index (χ0v) is 50.9. The number of carbonyl (C=O) groups excluding carboxylic acids is 6. The van der Waals surface area contributed by atoms with Crippen molar-refractivity contribution in [3.63, 3.8) is 0 Å². The van der Waals surface area contributed by atoms with Crippen molar-refractivity contribution >= 4 is 109 Å². The number of aryl methyl sites for hydroxylation is 1. The van der Waals surface area contributed by atoms with E-state index in [1.165, 1.54) is 70.8 Å².